The summed E-state index contributed by atoms with van der Waals surface area (Å²) < 4.78 is 14.8. The molecule has 25 heavy (non-hydrogen) atoms. The van der Waals surface area contributed by atoms with Crippen molar-refractivity contribution in [2.24, 2.45) is 0 Å². The summed E-state index contributed by atoms with van der Waals surface area (Å²) in [4.78, 5) is 28.9. The number of carbonyl (C=O) groups excluding carboxylic acids is 1. The van der Waals surface area contributed by atoms with Gasteiger partial charge in [0.15, 0.2) is 0 Å². The van der Waals surface area contributed by atoms with Crippen LogP contribution in [0, 0.1) is 26.6 Å². The zero-order valence-electron chi connectivity index (χ0n) is 14.3. The lowest BCUT2D eigenvalue weighted by atomic mass is 10.1. The van der Waals surface area contributed by atoms with Gasteiger partial charge in [-0.3, -0.25) is 14.2 Å². The molecule has 2 aromatic carbocycles. The van der Waals surface area contributed by atoms with E-state index in [1.807, 2.05) is 32.0 Å². The quantitative estimate of drug-likeness (QED) is 0.797. The number of hydrogen-bond acceptors (Lipinski definition) is 3. The number of aryl methyl sites for hydroxylation is 3. The zero-order valence-corrected chi connectivity index (χ0v) is 14.3. The number of aromatic nitrogens is 2. The van der Waals surface area contributed by atoms with E-state index in [-0.39, 0.29) is 23.5 Å². The number of nitrogens with one attached hydrogen (secondary N) is 1. The molecular formula is C19H18FN3O2. The molecule has 0 aliphatic heterocycles. The fourth-order valence-electron chi connectivity index (χ4n) is 2.62. The van der Waals surface area contributed by atoms with Gasteiger partial charge in [-0.15, -0.1) is 0 Å². The van der Waals surface area contributed by atoms with Crippen LogP contribution in [0.5, 0.6) is 0 Å². The molecule has 0 bridgehead atoms. The molecule has 0 aliphatic rings. The first kappa shape index (κ1) is 16.8. The van der Waals surface area contributed by atoms with Crippen LogP contribution in [0.2, 0.25) is 0 Å². The highest BCUT2D eigenvalue weighted by atomic mass is 19.1. The van der Waals surface area contributed by atoms with E-state index in [0.29, 0.717) is 16.6 Å². The summed E-state index contributed by atoms with van der Waals surface area (Å²) in [6, 6.07) is 8.45. The van der Waals surface area contributed by atoms with E-state index >= 15 is 0 Å². The van der Waals surface area contributed by atoms with Gasteiger partial charge in [-0.05, 0) is 49.6 Å². The van der Waals surface area contributed by atoms with Crippen molar-refractivity contribution >= 4 is 22.5 Å². The molecule has 128 valence electrons. The zero-order chi connectivity index (χ0) is 18.1. The predicted molar refractivity (Wildman–Crippen MR) is 95.2 cm³/mol. The molecule has 0 fully saturated rings. The number of fused-ring (bicyclic) bond motifs is 1. The summed E-state index contributed by atoms with van der Waals surface area (Å²) in [7, 11) is 0. The first-order valence-corrected chi connectivity index (χ1v) is 7.87. The Labute approximate surface area is 144 Å². The van der Waals surface area contributed by atoms with Gasteiger partial charge >= 0.3 is 0 Å². The number of carbonyl (C=O) groups is 1. The van der Waals surface area contributed by atoms with Gasteiger partial charge in [-0.25, -0.2) is 9.37 Å². The molecule has 3 aromatic rings. The number of rotatable bonds is 3. The summed E-state index contributed by atoms with van der Waals surface area (Å²) in [6.07, 6.45) is 1.27. The molecule has 0 unspecified atom stereocenters. The first-order valence-electron chi connectivity index (χ1n) is 7.87. The van der Waals surface area contributed by atoms with Crippen LogP contribution in [0.4, 0.5) is 10.1 Å². The third-order valence-corrected chi connectivity index (χ3v) is 4.09. The molecule has 6 heteroatoms. The Balaban J connectivity index is 1.89. The van der Waals surface area contributed by atoms with Crippen LogP contribution in [-0.4, -0.2) is 15.5 Å². The Morgan fingerprint density at radius 1 is 1.16 bits per heavy atom. The summed E-state index contributed by atoms with van der Waals surface area (Å²) in [5.41, 5.74) is 2.95. The molecule has 1 amide bonds. The second-order valence-corrected chi connectivity index (χ2v) is 6.16. The molecule has 0 spiro atoms. The Morgan fingerprint density at radius 3 is 2.68 bits per heavy atom. The minimum absolute atomic E-state index is 0.161. The maximum Gasteiger partial charge on any atom is 0.261 e. The number of benzene rings is 2. The van der Waals surface area contributed by atoms with Gasteiger partial charge in [-0.2, -0.15) is 0 Å². The number of hydrogen-bond donors (Lipinski definition) is 1. The third kappa shape index (κ3) is 3.42. The van der Waals surface area contributed by atoms with E-state index in [4.69, 9.17) is 0 Å². The van der Waals surface area contributed by atoms with Crippen LogP contribution >= 0.6 is 0 Å². The Morgan fingerprint density at radius 2 is 1.92 bits per heavy atom. The maximum absolute atomic E-state index is 13.6. The van der Waals surface area contributed by atoms with Crippen molar-refractivity contribution in [3.8, 4) is 0 Å². The van der Waals surface area contributed by atoms with E-state index in [9.17, 15) is 14.0 Å². The van der Waals surface area contributed by atoms with Gasteiger partial charge in [0.2, 0.25) is 5.91 Å². The lowest BCUT2D eigenvalue weighted by Gasteiger charge is -2.11. The van der Waals surface area contributed by atoms with E-state index in [2.05, 4.69) is 10.3 Å². The maximum atomic E-state index is 13.6. The molecule has 1 heterocycles. The number of anilines is 1. The van der Waals surface area contributed by atoms with E-state index in [1.165, 1.54) is 23.0 Å². The molecule has 5 nitrogen and oxygen atoms in total. The monoisotopic (exact) mass is 339 g/mol. The summed E-state index contributed by atoms with van der Waals surface area (Å²) in [5.74, 6) is -0.736. The average Bonchev–Trinajstić information content (AvgIpc) is 2.56. The highest BCUT2D eigenvalue weighted by Crippen LogP contribution is 2.16. The number of halogens is 1. The Bertz CT molecular complexity index is 1040. The van der Waals surface area contributed by atoms with Gasteiger partial charge < -0.3 is 5.32 Å². The van der Waals surface area contributed by atoms with Crippen molar-refractivity contribution in [1.29, 1.82) is 0 Å². The fraction of sp³-hybridized carbons (Fsp3) is 0.211. The highest BCUT2D eigenvalue weighted by Gasteiger charge is 2.11. The lowest BCUT2D eigenvalue weighted by molar-refractivity contribution is -0.116. The third-order valence-electron chi connectivity index (χ3n) is 4.09. The first-order chi connectivity index (χ1) is 11.8. The smallest absolute Gasteiger partial charge is 0.261 e. The van der Waals surface area contributed by atoms with E-state index in [0.717, 1.165) is 11.1 Å². The molecular weight excluding hydrogens is 321 g/mol. The highest BCUT2D eigenvalue weighted by molar-refractivity contribution is 5.91. The fourth-order valence-corrected chi connectivity index (χ4v) is 2.62. The predicted octanol–water partition coefficient (Wildman–Crippen LogP) is 3.10. The second-order valence-electron chi connectivity index (χ2n) is 6.16. The van der Waals surface area contributed by atoms with Gasteiger partial charge in [-0.1, -0.05) is 12.1 Å². The molecule has 1 N–H and O–H groups in total. The molecule has 0 saturated carbocycles. The summed E-state index contributed by atoms with van der Waals surface area (Å²) in [5, 5.41) is 3.10. The van der Waals surface area contributed by atoms with Crippen LogP contribution in [0.1, 0.15) is 16.7 Å². The molecule has 3 rings (SSSR count). The van der Waals surface area contributed by atoms with Crippen LogP contribution < -0.4 is 10.9 Å². The minimum atomic E-state index is -0.412. The van der Waals surface area contributed by atoms with Gasteiger partial charge in [0.05, 0.1) is 17.2 Å². The SMILES string of the molecule is Cc1ccc(C)c(NC(=O)Cn2cnc3cc(F)c(C)cc3c2=O)c1. The van der Waals surface area contributed by atoms with Crippen molar-refractivity contribution in [2.75, 3.05) is 5.32 Å². The van der Waals surface area contributed by atoms with Crippen molar-refractivity contribution < 1.29 is 9.18 Å². The number of amides is 1. The summed E-state index contributed by atoms with van der Waals surface area (Å²) in [6.45, 7) is 5.26. The standard InChI is InChI=1S/C19H18FN3O2/c1-11-4-5-12(2)16(6-11)22-18(24)9-23-10-21-17-8-15(20)13(3)7-14(17)19(23)25/h4-8,10H,9H2,1-3H3,(H,22,24). The minimum Gasteiger partial charge on any atom is -0.324 e. The Hall–Kier alpha value is -3.02. The summed E-state index contributed by atoms with van der Waals surface area (Å²) >= 11 is 0. The second kappa shape index (κ2) is 6.47. The van der Waals surface area contributed by atoms with E-state index < -0.39 is 5.82 Å². The van der Waals surface area contributed by atoms with Crippen molar-refractivity contribution in [3.63, 3.8) is 0 Å². The van der Waals surface area contributed by atoms with Gasteiger partial charge in [0.25, 0.3) is 5.56 Å². The van der Waals surface area contributed by atoms with Crippen molar-refractivity contribution in [2.45, 2.75) is 27.3 Å². The topological polar surface area (TPSA) is 64.0 Å². The average molecular weight is 339 g/mol. The van der Waals surface area contributed by atoms with Crippen LogP contribution in [0.15, 0.2) is 41.5 Å². The van der Waals surface area contributed by atoms with Crippen LogP contribution in [0.25, 0.3) is 10.9 Å². The number of nitrogens with zero attached hydrogens (tertiary/aromatic N) is 2. The largest absolute Gasteiger partial charge is 0.324 e. The van der Waals surface area contributed by atoms with Gasteiger partial charge in [0, 0.05) is 11.8 Å². The molecule has 0 aliphatic carbocycles. The van der Waals surface area contributed by atoms with Crippen LogP contribution in [0.3, 0.4) is 0 Å². The molecule has 0 radical (unpaired) electrons. The molecule has 1 aromatic heterocycles. The van der Waals surface area contributed by atoms with Crippen molar-refractivity contribution in [3.05, 3.63) is 69.5 Å². The molecule has 0 atom stereocenters. The van der Waals surface area contributed by atoms with Gasteiger partial charge in [0.1, 0.15) is 12.4 Å². The Kier molecular flexibility index (Phi) is 4.35. The molecule has 0 saturated heterocycles. The van der Waals surface area contributed by atoms with E-state index in [1.54, 1.807) is 6.92 Å². The van der Waals surface area contributed by atoms with Crippen LogP contribution in [-0.2, 0) is 11.3 Å². The normalized spacial score (nSPS) is 10.9. The van der Waals surface area contributed by atoms with Crippen molar-refractivity contribution in [1.82, 2.24) is 9.55 Å². The lowest BCUT2D eigenvalue weighted by Crippen LogP contribution is -2.28.